The Labute approximate surface area is 108 Å². The first-order valence-electron chi connectivity index (χ1n) is 6.23. The number of nitrogens with one attached hydrogen (secondary N) is 1. The number of nitrogens with zero attached hydrogens (tertiary/aromatic N) is 1. The van der Waals surface area contributed by atoms with E-state index in [2.05, 4.69) is 41.5 Å². The van der Waals surface area contributed by atoms with Gasteiger partial charge in [-0.3, -0.25) is 0 Å². The molecule has 1 atom stereocenters. The van der Waals surface area contributed by atoms with Crippen molar-refractivity contribution < 1.29 is 4.74 Å². The zero-order valence-electron chi connectivity index (χ0n) is 10.6. The minimum atomic E-state index is -0.384. The third-order valence-corrected chi connectivity index (χ3v) is 2.73. The number of ether oxygens (including phenoxy) is 1. The lowest BCUT2D eigenvalue weighted by atomic mass is 10.1. The molecule has 0 amide bonds. The molecule has 0 saturated heterocycles. The molecule has 0 fully saturated rings. The quantitative estimate of drug-likeness (QED) is 0.833. The topological polar surface area (TPSA) is 59.6 Å². The Kier molecular flexibility index (Phi) is 4.36. The fourth-order valence-corrected chi connectivity index (χ4v) is 1.78. The van der Waals surface area contributed by atoms with E-state index in [4.69, 9.17) is 10.5 Å². The predicted octanol–water partition coefficient (Wildman–Crippen LogP) is 1.91. The van der Waals surface area contributed by atoms with Gasteiger partial charge in [0.2, 0.25) is 6.35 Å². The molecule has 0 aromatic heterocycles. The van der Waals surface area contributed by atoms with Gasteiger partial charge in [-0.15, -0.1) is 0 Å². The molecule has 0 saturated carbocycles. The van der Waals surface area contributed by atoms with E-state index in [1.54, 1.807) is 12.3 Å². The van der Waals surface area contributed by atoms with E-state index in [-0.39, 0.29) is 6.35 Å². The van der Waals surface area contributed by atoms with Gasteiger partial charge in [-0.25, -0.2) is 4.99 Å². The Bertz CT molecular complexity index is 437. The van der Waals surface area contributed by atoms with E-state index in [9.17, 15) is 0 Å². The highest BCUT2D eigenvalue weighted by Crippen LogP contribution is 2.09. The van der Waals surface area contributed by atoms with Gasteiger partial charge in [-0.2, -0.15) is 0 Å². The Morgan fingerprint density at radius 2 is 2.00 bits per heavy atom. The number of hydrogen-bond acceptors (Lipinski definition) is 4. The molecule has 3 N–H and O–H groups in total. The Morgan fingerprint density at radius 1 is 1.28 bits per heavy atom. The maximum Gasteiger partial charge on any atom is 0.227 e. The largest absolute Gasteiger partial charge is 0.384 e. The monoisotopic (exact) mass is 245 g/mol. The van der Waals surface area contributed by atoms with Crippen LogP contribution in [0.15, 0.2) is 41.5 Å². The average Bonchev–Trinajstić information content (AvgIpc) is 2.38. The van der Waals surface area contributed by atoms with Crippen molar-refractivity contribution in [2.75, 3.05) is 0 Å². The van der Waals surface area contributed by atoms with Crippen LogP contribution in [0.1, 0.15) is 24.5 Å². The van der Waals surface area contributed by atoms with Gasteiger partial charge in [0.1, 0.15) is 5.84 Å². The second-order valence-corrected chi connectivity index (χ2v) is 4.28. The summed E-state index contributed by atoms with van der Waals surface area (Å²) >= 11 is 0. The zero-order valence-corrected chi connectivity index (χ0v) is 10.6. The fraction of sp³-hybridized carbons (Fsp3) is 0.357. The van der Waals surface area contributed by atoms with Crippen LogP contribution in [-0.4, -0.2) is 12.2 Å². The molecule has 4 heteroatoms. The molecule has 0 spiro atoms. The van der Waals surface area contributed by atoms with Crippen LogP contribution in [0.2, 0.25) is 0 Å². The van der Waals surface area contributed by atoms with E-state index in [1.807, 2.05) is 0 Å². The molecule has 18 heavy (non-hydrogen) atoms. The molecule has 0 bridgehead atoms. The van der Waals surface area contributed by atoms with E-state index >= 15 is 0 Å². The van der Waals surface area contributed by atoms with Gasteiger partial charge >= 0.3 is 0 Å². The lowest BCUT2D eigenvalue weighted by Crippen LogP contribution is -2.31. The summed E-state index contributed by atoms with van der Waals surface area (Å²) in [5.41, 5.74) is 8.09. The standard InChI is InChI=1S/C14H19N3O/c1-2-3-11-4-6-12(7-5-11)10-18-14-16-9-8-13(15)17-14/h4-9,14,16H,2-3,10H2,1H3,(H2,15,17). The van der Waals surface area contributed by atoms with Crippen LogP contribution in [0.4, 0.5) is 0 Å². The summed E-state index contributed by atoms with van der Waals surface area (Å²) in [4.78, 5) is 4.12. The summed E-state index contributed by atoms with van der Waals surface area (Å²) in [6.07, 6.45) is 5.36. The van der Waals surface area contributed by atoms with Crippen LogP contribution in [0.5, 0.6) is 0 Å². The first kappa shape index (κ1) is 12.6. The van der Waals surface area contributed by atoms with Crippen LogP contribution < -0.4 is 11.1 Å². The molecule has 1 aliphatic heterocycles. The van der Waals surface area contributed by atoms with E-state index < -0.39 is 0 Å². The first-order chi connectivity index (χ1) is 8.78. The molecule has 2 rings (SSSR count). The van der Waals surface area contributed by atoms with Crippen molar-refractivity contribution >= 4 is 5.84 Å². The number of nitrogens with two attached hydrogens (primary N) is 1. The van der Waals surface area contributed by atoms with Crippen molar-refractivity contribution in [3.05, 3.63) is 47.7 Å². The van der Waals surface area contributed by atoms with E-state index in [1.165, 1.54) is 12.0 Å². The molecule has 96 valence electrons. The number of amidine groups is 1. The SMILES string of the molecule is CCCc1ccc(COC2N=C(N)C=CN2)cc1. The summed E-state index contributed by atoms with van der Waals surface area (Å²) in [5.74, 6) is 0.483. The number of aliphatic imine (C=N–C) groups is 1. The highest BCUT2D eigenvalue weighted by Gasteiger charge is 2.08. The van der Waals surface area contributed by atoms with Gasteiger partial charge in [0.05, 0.1) is 6.61 Å². The molecule has 1 unspecified atom stereocenters. The lowest BCUT2D eigenvalue weighted by Gasteiger charge is -2.17. The summed E-state index contributed by atoms with van der Waals surface area (Å²) in [5, 5.41) is 2.98. The normalized spacial score (nSPS) is 18.3. The molecular formula is C14H19N3O. The highest BCUT2D eigenvalue weighted by molar-refractivity contribution is 5.91. The summed E-state index contributed by atoms with van der Waals surface area (Å²) < 4.78 is 5.61. The minimum Gasteiger partial charge on any atom is -0.384 e. The average molecular weight is 245 g/mol. The summed E-state index contributed by atoms with van der Waals surface area (Å²) in [6, 6.07) is 8.48. The molecule has 1 heterocycles. The van der Waals surface area contributed by atoms with Crippen LogP contribution in [-0.2, 0) is 17.8 Å². The zero-order chi connectivity index (χ0) is 12.8. The lowest BCUT2D eigenvalue weighted by molar-refractivity contribution is 0.0322. The van der Waals surface area contributed by atoms with Gasteiger partial charge < -0.3 is 15.8 Å². The molecule has 1 aromatic carbocycles. The van der Waals surface area contributed by atoms with Gasteiger partial charge in [-0.1, -0.05) is 37.6 Å². The van der Waals surface area contributed by atoms with Crippen molar-refractivity contribution in [1.82, 2.24) is 5.32 Å². The molecule has 4 nitrogen and oxygen atoms in total. The number of rotatable bonds is 5. The maximum absolute atomic E-state index is 5.61. The van der Waals surface area contributed by atoms with Crippen LogP contribution in [0, 0.1) is 0 Å². The maximum atomic E-state index is 5.61. The Hall–Kier alpha value is -1.81. The van der Waals surface area contributed by atoms with Crippen LogP contribution >= 0.6 is 0 Å². The van der Waals surface area contributed by atoms with Crippen molar-refractivity contribution in [1.29, 1.82) is 0 Å². The third-order valence-electron chi connectivity index (χ3n) is 2.73. The molecule has 0 radical (unpaired) electrons. The summed E-state index contributed by atoms with van der Waals surface area (Å²) in [7, 11) is 0. The van der Waals surface area contributed by atoms with Gasteiger partial charge in [0, 0.05) is 6.20 Å². The highest BCUT2D eigenvalue weighted by atomic mass is 16.5. The van der Waals surface area contributed by atoms with Crippen LogP contribution in [0.3, 0.4) is 0 Å². The number of hydrogen-bond donors (Lipinski definition) is 2. The summed E-state index contributed by atoms with van der Waals surface area (Å²) in [6.45, 7) is 2.70. The Morgan fingerprint density at radius 3 is 2.67 bits per heavy atom. The molecule has 0 aliphatic carbocycles. The van der Waals surface area contributed by atoms with Crippen molar-refractivity contribution in [3.8, 4) is 0 Å². The smallest absolute Gasteiger partial charge is 0.227 e. The molecule has 1 aliphatic rings. The molecular weight excluding hydrogens is 226 g/mol. The number of aryl methyl sites for hydroxylation is 1. The first-order valence-corrected chi connectivity index (χ1v) is 6.23. The second-order valence-electron chi connectivity index (χ2n) is 4.28. The van der Waals surface area contributed by atoms with Crippen molar-refractivity contribution in [3.63, 3.8) is 0 Å². The van der Waals surface area contributed by atoms with Crippen molar-refractivity contribution in [2.24, 2.45) is 10.7 Å². The van der Waals surface area contributed by atoms with E-state index in [0.29, 0.717) is 12.4 Å². The molecule has 1 aromatic rings. The fourth-order valence-electron chi connectivity index (χ4n) is 1.78. The second kappa shape index (κ2) is 6.21. The minimum absolute atomic E-state index is 0.384. The number of benzene rings is 1. The van der Waals surface area contributed by atoms with Crippen LogP contribution in [0.25, 0.3) is 0 Å². The van der Waals surface area contributed by atoms with Gasteiger partial charge in [0.15, 0.2) is 0 Å². The van der Waals surface area contributed by atoms with Crippen molar-refractivity contribution in [2.45, 2.75) is 32.7 Å². The Balaban J connectivity index is 1.85. The van der Waals surface area contributed by atoms with Gasteiger partial charge in [0.25, 0.3) is 0 Å². The van der Waals surface area contributed by atoms with Gasteiger partial charge in [-0.05, 0) is 23.6 Å². The van der Waals surface area contributed by atoms with E-state index in [0.717, 1.165) is 12.0 Å². The third kappa shape index (κ3) is 3.60. The predicted molar refractivity (Wildman–Crippen MR) is 72.9 cm³/mol.